The topological polar surface area (TPSA) is 94.8 Å². The van der Waals surface area contributed by atoms with E-state index in [0.29, 0.717) is 12.8 Å². The molecule has 0 rings (SSSR count). The first-order valence-corrected chi connectivity index (χ1v) is 11.2. The molecule has 0 radical (unpaired) electrons. The molecule has 0 aliphatic carbocycles. The molecule has 0 fully saturated rings. The van der Waals surface area contributed by atoms with Gasteiger partial charge in [0.25, 0.3) is 0 Å². The number of carbonyl (C=O) groups excluding carboxylic acids is 2. The number of carbonyl (C=O) groups is 2. The van der Waals surface area contributed by atoms with Crippen molar-refractivity contribution in [3.63, 3.8) is 0 Å². The number of rotatable bonds is 19. The lowest BCUT2D eigenvalue weighted by molar-refractivity contribution is -0.163. The van der Waals surface area contributed by atoms with Crippen molar-refractivity contribution in [1.82, 2.24) is 0 Å². The Morgan fingerprint density at radius 1 is 0.857 bits per heavy atom. The molecule has 0 aromatic heterocycles. The van der Waals surface area contributed by atoms with Crippen LogP contribution < -0.4 is 0 Å². The highest BCUT2D eigenvalue weighted by Gasteiger charge is 2.47. The van der Waals surface area contributed by atoms with Crippen LogP contribution in [0.25, 0.3) is 0 Å². The summed E-state index contributed by atoms with van der Waals surface area (Å²) in [6.45, 7) is 3.45. The minimum absolute atomic E-state index is 0.0224. The zero-order valence-corrected chi connectivity index (χ0v) is 18.0. The maximum Gasteiger partial charge on any atom is 0.213 e. The maximum absolute atomic E-state index is 12.4. The molecule has 0 amide bonds. The Hall–Kier alpha value is -1.04. The second-order valence-corrected chi connectivity index (χ2v) is 7.73. The highest BCUT2D eigenvalue weighted by molar-refractivity contribution is 6.15. The van der Waals surface area contributed by atoms with Crippen LogP contribution in [0.4, 0.5) is 0 Å². The number of unbranched alkanes of at least 4 members (excludes halogenated alkanes) is 11. The Morgan fingerprint density at radius 3 is 1.89 bits per heavy atom. The monoisotopic (exact) mass is 398 g/mol. The summed E-state index contributed by atoms with van der Waals surface area (Å²) in [5.41, 5.74) is -2.55. The highest BCUT2D eigenvalue weighted by Crippen LogP contribution is 2.20. The Balaban J connectivity index is 4.48. The van der Waals surface area contributed by atoms with Crippen LogP contribution >= 0.6 is 0 Å². The maximum atomic E-state index is 12.4. The van der Waals surface area contributed by atoms with Crippen LogP contribution in [0.5, 0.6) is 0 Å². The van der Waals surface area contributed by atoms with Gasteiger partial charge >= 0.3 is 0 Å². The van der Waals surface area contributed by atoms with E-state index in [2.05, 4.69) is 13.8 Å². The van der Waals surface area contributed by atoms with Crippen LogP contribution in [0.3, 0.4) is 0 Å². The largest absolute Gasteiger partial charge is 0.394 e. The number of allylic oxidation sites excluding steroid dienone is 1. The molecule has 0 saturated heterocycles. The Kier molecular flexibility index (Phi) is 16.2. The predicted octanol–water partition coefficient (Wildman–Crippen LogP) is 4.27. The fourth-order valence-corrected chi connectivity index (χ4v) is 3.24. The van der Waals surface area contributed by atoms with Gasteiger partial charge in [-0.05, 0) is 25.3 Å². The predicted molar refractivity (Wildman–Crippen MR) is 113 cm³/mol. The summed E-state index contributed by atoms with van der Waals surface area (Å²) in [4.78, 5) is 24.8. The van der Waals surface area contributed by atoms with Crippen molar-refractivity contribution in [3.05, 3.63) is 12.2 Å². The van der Waals surface area contributed by atoms with E-state index in [4.69, 9.17) is 0 Å². The number of aliphatic hydroxyl groups excluding tert-OH is 2. The zero-order chi connectivity index (χ0) is 21.3. The van der Waals surface area contributed by atoms with E-state index < -0.39 is 29.9 Å². The minimum atomic E-state index is -2.55. The molecule has 164 valence electrons. The van der Waals surface area contributed by atoms with Crippen molar-refractivity contribution in [1.29, 1.82) is 0 Å². The molecule has 0 saturated carbocycles. The van der Waals surface area contributed by atoms with E-state index >= 15 is 0 Å². The van der Waals surface area contributed by atoms with Crippen LogP contribution in [-0.4, -0.2) is 45.2 Å². The van der Waals surface area contributed by atoms with Gasteiger partial charge in [0.1, 0.15) is 6.10 Å². The summed E-state index contributed by atoms with van der Waals surface area (Å²) in [6, 6.07) is 0. The van der Waals surface area contributed by atoms with Gasteiger partial charge in [-0.25, -0.2) is 0 Å². The summed E-state index contributed by atoms with van der Waals surface area (Å²) in [5.74, 6) is -1.55. The number of aliphatic hydroxyl groups is 3. The zero-order valence-electron chi connectivity index (χ0n) is 18.0. The lowest BCUT2D eigenvalue weighted by atomic mass is 9.84. The van der Waals surface area contributed by atoms with Gasteiger partial charge in [-0.3, -0.25) is 9.59 Å². The molecular weight excluding hydrogens is 356 g/mol. The van der Waals surface area contributed by atoms with Crippen molar-refractivity contribution < 1.29 is 24.9 Å². The van der Waals surface area contributed by atoms with Crippen LogP contribution in [0.2, 0.25) is 0 Å². The fourth-order valence-electron chi connectivity index (χ4n) is 3.24. The standard InChI is InChI=1S/C23H42O5/c1-3-5-7-9-10-11-12-14-16-18-21(26)23(28,22(27)19-24)20(25)17-15-13-8-6-4-2/h16,18,22,24,27-28H,3-15,17,19H2,1-2H3. The summed E-state index contributed by atoms with van der Waals surface area (Å²) >= 11 is 0. The molecule has 0 aromatic rings. The van der Waals surface area contributed by atoms with E-state index in [1.807, 2.05) is 0 Å². The van der Waals surface area contributed by atoms with Gasteiger partial charge in [0.05, 0.1) is 6.61 Å². The quantitative estimate of drug-likeness (QED) is 0.172. The summed E-state index contributed by atoms with van der Waals surface area (Å²) in [7, 11) is 0. The Morgan fingerprint density at radius 2 is 1.36 bits per heavy atom. The van der Waals surface area contributed by atoms with Gasteiger partial charge in [-0.15, -0.1) is 0 Å². The third-order valence-electron chi connectivity index (χ3n) is 5.21. The average Bonchev–Trinajstić information content (AvgIpc) is 2.70. The molecule has 5 heteroatoms. The van der Waals surface area contributed by atoms with Gasteiger partial charge in [0.15, 0.2) is 11.6 Å². The van der Waals surface area contributed by atoms with Crippen LogP contribution in [0.1, 0.15) is 104 Å². The molecule has 0 aromatic carbocycles. The number of ketones is 2. The van der Waals surface area contributed by atoms with Crippen LogP contribution in [0, 0.1) is 0 Å². The Labute approximate surface area is 171 Å². The molecule has 5 nitrogen and oxygen atoms in total. The number of Topliss-reactive ketones (excluding diaryl/α,β-unsaturated/α-hetero) is 1. The summed E-state index contributed by atoms with van der Waals surface area (Å²) in [5, 5.41) is 29.7. The first-order chi connectivity index (χ1) is 13.4. The smallest absolute Gasteiger partial charge is 0.213 e. The van der Waals surface area contributed by atoms with Crippen molar-refractivity contribution in [2.45, 2.75) is 115 Å². The van der Waals surface area contributed by atoms with Crippen molar-refractivity contribution in [3.8, 4) is 0 Å². The number of hydrogen-bond donors (Lipinski definition) is 3. The van der Waals surface area contributed by atoms with Gasteiger partial charge in [-0.2, -0.15) is 0 Å². The first-order valence-electron chi connectivity index (χ1n) is 11.2. The normalized spacial score (nSPS) is 14.9. The molecule has 3 N–H and O–H groups in total. The molecule has 28 heavy (non-hydrogen) atoms. The number of hydrogen-bond acceptors (Lipinski definition) is 5. The van der Waals surface area contributed by atoms with Crippen LogP contribution in [0.15, 0.2) is 12.2 Å². The van der Waals surface area contributed by atoms with Crippen molar-refractivity contribution in [2.24, 2.45) is 0 Å². The molecule has 0 spiro atoms. The SMILES string of the molecule is CCCCCCCCCC=CC(=O)C(O)(C(=O)CCCCCCC)C(O)CO. The van der Waals surface area contributed by atoms with Crippen molar-refractivity contribution in [2.75, 3.05) is 6.61 Å². The molecular formula is C23H42O5. The third kappa shape index (κ3) is 10.5. The average molecular weight is 399 g/mol. The van der Waals surface area contributed by atoms with E-state index in [0.717, 1.165) is 38.5 Å². The molecule has 2 unspecified atom stereocenters. The van der Waals surface area contributed by atoms with E-state index in [-0.39, 0.29) is 6.42 Å². The minimum Gasteiger partial charge on any atom is -0.394 e. The lowest BCUT2D eigenvalue weighted by Crippen LogP contribution is -2.56. The molecule has 2 atom stereocenters. The highest BCUT2D eigenvalue weighted by atomic mass is 16.4. The Bertz CT molecular complexity index is 446. The fraction of sp³-hybridized carbons (Fsp3) is 0.826. The van der Waals surface area contributed by atoms with E-state index in [9.17, 15) is 24.9 Å². The van der Waals surface area contributed by atoms with Crippen LogP contribution in [-0.2, 0) is 9.59 Å². The van der Waals surface area contributed by atoms with Gasteiger partial charge in [0, 0.05) is 6.42 Å². The van der Waals surface area contributed by atoms with Gasteiger partial charge < -0.3 is 15.3 Å². The molecule has 0 bridgehead atoms. The second-order valence-electron chi connectivity index (χ2n) is 7.73. The van der Waals surface area contributed by atoms with E-state index in [1.54, 1.807) is 6.08 Å². The lowest BCUT2D eigenvalue weighted by Gasteiger charge is -2.28. The summed E-state index contributed by atoms with van der Waals surface area (Å²) in [6.07, 6.45) is 14.5. The first kappa shape index (κ1) is 27.0. The second kappa shape index (κ2) is 16.9. The van der Waals surface area contributed by atoms with E-state index in [1.165, 1.54) is 38.2 Å². The molecule has 0 heterocycles. The molecule has 0 aliphatic heterocycles. The molecule has 0 aliphatic rings. The van der Waals surface area contributed by atoms with Gasteiger partial charge in [0.2, 0.25) is 5.60 Å². The van der Waals surface area contributed by atoms with Gasteiger partial charge in [-0.1, -0.05) is 84.1 Å². The third-order valence-corrected chi connectivity index (χ3v) is 5.21. The van der Waals surface area contributed by atoms with Crippen molar-refractivity contribution >= 4 is 11.6 Å². The summed E-state index contributed by atoms with van der Waals surface area (Å²) < 4.78 is 0.